The van der Waals surface area contributed by atoms with Crippen molar-refractivity contribution in [3.63, 3.8) is 0 Å². The summed E-state index contributed by atoms with van der Waals surface area (Å²) in [6.45, 7) is 3.59. The molecule has 0 spiro atoms. The molecule has 9 nitrogen and oxygen atoms in total. The zero-order valence-electron chi connectivity index (χ0n) is 18.6. The number of carbonyl (C=O) groups is 1. The van der Waals surface area contributed by atoms with Gasteiger partial charge in [-0.1, -0.05) is 41.4 Å². The molecule has 0 saturated heterocycles. The normalized spacial score (nSPS) is 11.0. The standard InChI is InChI=1S/C23H19Cl2FN6O3/c1-13-21(32(34)35)14(2)31(28-13)10-15-6-8-16(9-7-15)23(33)27-22-19(25)12-30(29-22)11-17-18(24)4-3-5-20(17)26/h3-9,12H,10-11H2,1-2H3,(H,27,29,33). The first-order chi connectivity index (χ1) is 16.6. The number of rotatable bonds is 7. The minimum absolute atomic E-state index is 0.00501. The largest absolute Gasteiger partial charge is 0.312 e. The van der Waals surface area contributed by atoms with Crippen LogP contribution in [0.5, 0.6) is 0 Å². The topological polar surface area (TPSA) is 108 Å². The highest BCUT2D eigenvalue weighted by molar-refractivity contribution is 6.33. The number of amides is 1. The Balaban J connectivity index is 1.45. The lowest BCUT2D eigenvalue weighted by Gasteiger charge is -2.07. The van der Waals surface area contributed by atoms with Gasteiger partial charge in [-0.05, 0) is 43.7 Å². The molecule has 4 aromatic rings. The van der Waals surface area contributed by atoms with Crippen molar-refractivity contribution >= 4 is 40.6 Å². The fraction of sp³-hybridized carbons (Fsp3) is 0.174. The van der Waals surface area contributed by atoms with Crippen LogP contribution in [-0.4, -0.2) is 30.4 Å². The van der Waals surface area contributed by atoms with E-state index in [1.807, 2.05) is 0 Å². The molecule has 35 heavy (non-hydrogen) atoms. The van der Waals surface area contributed by atoms with Gasteiger partial charge in [0.25, 0.3) is 5.91 Å². The van der Waals surface area contributed by atoms with Crippen molar-refractivity contribution in [2.24, 2.45) is 0 Å². The van der Waals surface area contributed by atoms with Crippen LogP contribution in [0.25, 0.3) is 0 Å². The summed E-state index contributed by atoms with van der Waals surface area (Å²) in [5.41, 5.74) is 2.22. The number of aromatic nitrogens is 4. The van der Waals surface area contributed by atoms with Gasteiger partial charge in [0.15, 0.2) is 5.82 Å². The summed E-state index contributed by atoms with van der Waals surface area (Å²) in [5.74, 6) is -0.776. The van der Waals surface area contributed by atoms with Crippen molar-refractivity contribution in [1.82, 2.24) is 19.6 Å². The van der Waals surface area contributed by atoms with Crippen molar-refractivity contribution in [3.05, 3.63) is 103 Å². The van der Waals surface area contributed by atoms with Gasteiger partial charge < -0.3 is 5.32 Å². The Bertz CT molecular complexity index is 1410. The maximum absolute atomic E-state index is 14.1. The summed E-state index contributed by atoms with van der Waals surface area (Å²) in [4.78, 5) is 23.4. The molecule has 4 rings (SSSR count). The van der Waals surface area contributed by atoms with Gasteiger partial charge in [-0.3, -0.25) is 24.3 Å². The van der Waals surface area contributed by atoms with E-state index in [0.717, 1.165) is 5.56 Å². The Morgan fingerprint density at radius 3 is 2.43 bits per heavy atom. The first-order valence-electron chi connectivity index (χ1n) is 10.4. The van der Waals surface area contributed by atoms with E-state index in [2.05, 4.69) is 15.5 Å². The molecule has 2 heterocycles. The molecule has 0 aliphatic rings. The lowest BCUT2D eigenvalue weighted by Crippen LogP contribution is -2.13. The number of hydrogen-bond donors (Lipinski definition) is 1. The van der Waals surface area contributed by atoms with Crippen molar-refractivity contribution in [3.8, 4) is 0 Å². The molecule has 2 aromatic heterocycles. The summed E-state index contributed by atoms with van der Waals surface area (Å²) >= 11 is 12.3. The highest BCUT2D eigenvalue weighted by Crippen LogP contribution is 2.25. The van der Waals surface area contributed by atoms with E-state index in [1.54, 1.807) is 48.9 Å². The van der Waals surface area contributed by atoms with Crippen LogP contribution in [0.15, 0.2) is 48.7 Å². The minimum Gasteiger partial charge on any atom is -0.304 e. The molecule has 2 aromatic carbocycles. The average molecular weight is 517 g/mol. The summed E-state index contributed by atoms with van der Waals surface area (Å²) in [7, 11) is 0. The number of nitrogens with zero attached hydrogens (tertiary/aromatic N) is 5. The summed E-state index contributed by atoms with van der Waals surface area (Å²) in [6, 6.07) is 11.1. The number of aryl methyl sites for hydroxylation is 1. The number of nitrogens with one attached hydrogen (secondary N) is 1. The second-order valence-corrected chi connectivity index (χ2v) is 8.62. The van der Waals surface area contributed by atoms with Gasteiger partial charge >= 0.3 is 5.69 Å². The van der Waals surface area contributed by atoms with Crippen LogP contribution in [0.3, 0.4) is 0 Å². The number of nitro groups is 1. The van der Waals surface area contributed by atoms with Gasteiger partial charge in [-0.2, -0.15) is 10.2 Å². The van der Waals surface area contributed by atoms with Gasteiger partial charge in [0.2, 0.25) is 0 Å². The molecular formula is C23H19Cl2FN6O3. The average Bonchev–Trinajstić information content (AvgIpc) is 3.28. The molecule has 0 saturated carbocycles. The molecule has 0 radical (unpaired) electrons. The number of halogens is 3. The highest BCUT2D eigenvalue weighted by atomic mass is 35.5. The fourth-order valence-electron chi connectivity index (χ4n) is 3.63. The van der Waals surface area contributed by atoms with E-state index < -0.39 is 16.6 Å². The van der Waals surface area contributed by atoms with Crippen LogP contribution in [0.2, 0.25) is 10.0 Å². The number of carbonyl (C=O) groups excluding carboxylic acids is 1. The van der Waals surface area contributed by atoms with Gasteiger partial charge in [0, 0.05) is 22.3 Å². The molecule has 0 aliphatic heterocycles. The molecule has 0 fully saturated rings. The van der Waals surface area contributed by atoms with E-state index in [1.165, 1.54) is 23.0 Å². The molecular weight excluding hydrogens is 498 g/mol. The second-order valence-electron chi connectivity index (χ2n) is 7.81. The van der Waals surface area contributed by atoms with Crippen LogP contribution >= 0.6 is 23.2 Å². The van der Waals surface area contributed by atoms with Gasteiger partial charge in [0.1, 0.15) is 22.2 Å². The van der Waals surface area contributed by atoms with Gasteiger partial charge in [-0.25, -0.2) is 4.39 Å². The Morgan fingerprint density at radius 2 is 1.80 bits per heavy atom. The lowest BCUT2D eigenvalue weighted by molar-refractivity contribution is -0.386. The highest BCUT2D eigenvalue weighted by Gasteiger charge is 2.22. The smallest absolute Gasteiger partial charge is 0.304 e. The van der Waals surface area contributed by atoms with Gasteiger partial charge in [0.05, 0.1) is 18.0 Å². The third-order valence-corrected chi connectivity index (χ3v) is 6.04. The Kier molecular flexibility index (Phi) is 6.86. The van der Waals surface area contributed by atoms with E-state index >= 15 is 0 Å². The molecule has 0 bridgehead atoms. The Morgan fingerprint density at radius 1 is 1.09 bits per heavy atom. The molecule has 0 atom stereocenters. The van der Waals surface area contributed by atoms with Crippen molar-refractivity contribution in [2.75, 3.05) is 5.32 Å². The molecule has 0 aliphatic carbocycles. The van der Waals surface area contributed by atoms with E-state index in [4.69, 9.17) is 23.2 Å². The second kappa shape index (κ2) is 9.85. The molecule has 1 N–H and O–H groups in total. The first-order valence-corrected chi connectivity index (χ1v) is 11.1. The number of hydrogen-bond acceptors (Lipinski definition) is 5. The van der Waals surface area contributed by atoms with Crippen LogP contribution in [0.1, 0.15) is 32.9 Å². The summed E-state index contributed by atoms with van der Waals surface area (Å²) < 4.78 is 17.0. The monoisotopic (exact) mass is 516 g/mol. The first kappa shape index (κ1) is 24.4. The SMILES string of the molecule is Cc1nn(Cc2ccc(C(=O)Nc3nn(Cc4c(F)cccc4Cl)cc3Cl)cc2)c(C)c1[N+](=O)[O-]. The van der Waals surface area contributed by atoms with Crippen molar-refractivity contribution in [1.29, 1.82) is 0 Å². The maximum Gasteiger partial charge on any atom is 0.312 e. The number of anilines is 1. The van der Waals surface area contributed by atoms with Gasteiger partial charge in [-0.15, -0.1) is 0 Å². The zero-order chi connectivity index (χ0) is 25.3. The molecule has 1 amide bonds. The zero-order valence-corrected chi connectivity index (χ0v) is 20.1. The molecule has 0 unspecified atom stereocenters. The quantitative estimate of drug-likeness (QED) is 0.261. The minimum atomic E-state index is -0.468. The Labute approximate surface area is 209 Å². The van der Waals surface area contributed by atoms with E-state index in [-0.39, 0.29) is 33.7 Å². The molecule has 180 valence electrons. The Hall–Kier alpha value is -3.76. The van der Waals surface area contributed by atoms with Crippen LogP contribution in [0.4, 0.5) is 15.9 Å². The van der Waals surface area contributed by atoms with Crippen LogP contribution in [-0.2, 0) is 13.1 Å². The maximum atomic E-state index is 14.1. The van der Waals surface area contributed by atoms with Crippen molar-refractivity contribution < 1.29 is 14.1 Å². The fourth-order valence-corrected chi connectivity index (χ4v) is 4.05. The molecule has 12 heteroatoms. The van der Waals surface area contributed by atoms with Crippen LogP contribution < -0.4 is 5.32 Å². The van der Waals surface area contributed by atoms with E-state index in [0.29, 0.717) is 23.5 Å². The predicted octanol–water partition coefficient (Wildman–Crippen LogP) is 5.40. The predicted molar refractivity (Wildman–Crippen MR) is 130 cm³/mol. The summed E-state index contributed by atoms with van der Waals surface area (Å²) in [6.07, 6.45) is 1.47. The lowest BCUT2D eigenvalue weighted by atomic mass is 10.1. The van der Waals surface area contributed by atoms with Crippen LogP contribution in [0, 0.1) is 29.8 Å². The van der Waals surface area contributed by atoms with E-state index in [9.17, 15) is 19.3 Å². The summed E-state index contributed by atoms with van der Waals surface area (Å²) in [5, 5.41) is 22.7. The third-order valence-electron chi connectivity index (χ3n) is 5.41. The number of benzene rings is 2. The van der Waals surface area contributed by atoms with Crippen molar-refractivity contribution in [2.45, 2.75) is 26.9 Å². The third kappa shape index (κ3) is 5.18.